The number of anilines is 2. The van der Waals surface area contributed by atoms with Crippen LogP contribution in [0.5, 0.6) is 0 Å². The standard InChI is InChI=1S/C11H15BrN6O/c1-7(6-19-2)15-10-8(12)9(13)16-11(17-10)18-5-3-4-14-18/h3-5,7H,6H2,1-2H3,(H3,13,15,16,17). The van der Waals surface area contributed by atoms with E-state index < -0.39 is 0 Å². The van der Waals surface area contributed by atoms with Crippen molar-refractivity contribution in [2.24, 2.45) is 0 Å². The fourth-order valence-electron chi connectivity index (χ4n) is 1.56. The molecule has 0 aliphatic rings. The van der Waals surface area contributed by atoms with Crippen molar-refractivity contribution < 1.29 is 4.74 Å². The molecule has 8 heteroatoms. The lowest BCUT2D eigenvalue weighted by atomic mass is 10.3. The molecular weight excluding hydrogens is 312 g/mol. The molecule has 1 unspecified atom stereocenters. The van der Waals surface area contributed by atoms with E-state index in [-0.39, 0.29) is 6.04 Å². The van der Waals surface area contributed by atoms with Crippen LogP contribution in [0.4, 0.5) is 11.6 Å². The van der Waals surface area contributed by atoms with E-state index in [1.165, 1.54) is 0 Å². The summed E-state index contributed by atoms with van der Waals surface area (Å²) in [5.41, 5.74) is 5.87. The van der Waals surface area contributed by atoms with E-state index in [0.29, 0.717) is 28.7 Å². The molecule has 2 aromatic rings. The predicted octanol–water partition coefficient (Wildman–Crippen LogP) is 1.45. The average molecular weight is 327 g/mol. The lowest BCUT2D eigenvalue weighted by Crippen LogP contribution is -2.22. The Morgan fingerprint density at radius 2 is 2.32 bits per heavy atom. The Bertz CT molecular complexity index is 544. The van der Waals surface area contributed by atoms with Crippen LogP contribution in [0.2, 0.25) is 0 Å². The molecule has 0 radical (unpaired) electrons. The van der Waals surface area contributed by atoms with E-state index in [0.717, 1.165) is 0 Å². The second kappa shape index (κ2) is 5.98. The third-order valence-corrected chi connectivity index (χ3v) is 3.16. The molecule has 0 spiro atoms. The molecule has 2 rings (SSSR count). The zero-order chi connectivity index (χ0) is 13.8. The zero-order valence-corrected chi connectivity index (χ0v) is 12.3. The number of ether oxygens (including phenoxy) is 1. The van der Waals surface area contributed by atoms with Crippen molar-refractivity contribution >= 4 is 27.6 Å². The van der Waals surface area contributed by atoms with Crippen LogP contribution in [0.25, 0.3) is 5.95 Å². The molecule has 19 heavy (non-hydrogen) atoms. The summed E-state index contributed by atoms with van der Waals surface area (Å²) < 4.78 is 7.26. The molecule has 0 saturated heterocycles. The Balaban J connectivity index is 2.32. The molecule has 1 atom stereocenters. The lowest BCUT2D eigenvalue weighted by molar-refractivity contribution is 0.190. The molecular formula is C11H15BrN6O. The minimum absolute atomic E-state index is 0.0982. The second-order valence-corrected chi connectivity index (χ2v) is 4.82. The second-order valence-electron chi connectivity index (χ2n) is 4.02. The number of nitrogen functional groups attached to an aromatic ring is 1. The molecule has 0 aromatic carbocycles. The summed E-state index contributed by atoms with van der Waals surface area (Å²) in [6.45, 7) is 2.55. The first-order valence-corrected chi connectivity index (χ1v) is 6.49. The normalized spacial score (nSPS) is 12.4. The van der Waals surface area contributed by atoms with Gasteiger partial charge in [0.2, 0.25) is 0 Å². The van der Waals surface area contributed by atoms with Gasteiger partial charge in [0.25, 0.3) is 5.95 Å². The number of aromatic nitrogens is 4. The highest BCUT2D eigenvalue weighted by Gasteiger charge is 2.13. The monoisotopic (exact) mass is 326 g/mol. The summed E-state index contributed by atoms with van der Waals surface area (Å²) in [6, 6.07) is 1.89. The quantitative estimate of drug-likeness (QED) is 0.864. The molecule has 7 nitrogen and oxygen atoms in total. The first kappa shape index (κ1) is 13.8. The maximum Gasteiger partial charge on any atom is 0.254 e. The largest absolute Gasteiger partial charge is 0.383 e. The van der Waals surface area contributed by atoms with Gasteiger partial charge in [0.1, 0.15) is 16.1 Å². The van der Waals surface area contributed by atoms with E-state index in [1.54, 1.807) is 30.3 Å². The number of nitrogens with zero attached hydrogens (tertiary/aromatic N) is 4. The number of rotatable bonds is 5. The van der Waals surface area contributed by atoms with Gasteiger partial charge in [-0.25, -0.2) is 4.68 Å². The van der Waals surface area contributed by atoms with Crippen LogP contribution in [-0.2, 0) is 4.74 Å². The average Bonchev–Trinajstić information content (AvgIpc) is 2.88. The number of nitrogens with two attached hydrogens (primary N) is 1. The summed E-state index contributed by atoms with van der Waals surface area (Å²) in [5, 5.41) is 7.29. The maximum atomic E-state index is 5.87. The summed E-state index contributed by atoms with van der Waals surface area (Å²) in [5.74, 6) is 1.38. The van der Waals surface area contributed by atoms with Gasteiger partial charge in [-0.3, -0.25) is 0 Å². The molecule has 0 fully saturated rings. The van der Waals surface area contributed by atoms with Gasteiger partial charge in [0.05, 0.1) is 6.61 Å². The number of halogens is 1. The van der Waals surface area contributed by atoms with Gasteiger partial charge in [-0.15, -0.1) is 0 Å². The highest BCUT2D eigenvalue weighted by atomic mass is 79.9. The van der Waals surface area contributed by atoms with Crippen LogP contribution in [0, 0.1) is 0 Å². The molecule has 0 aliphatic heterocycles. The SMILES string of the molecule is COCC(C)Nc1nc(-n2cccn2)nc(N)c1Br. The van der Waals surface area contributed by atoms with E-state index in [1.807, 2.05) is 6.92 Å². The number of hydrogen-bond donors (Lipinski definition) is 2. The van der Waals surface area contributed by atoms with Crippen LogP contribution in [0.3, 0.4) is 0 Å². The van der Waals surface area contributed by atoms with Gasteiger partial charge in [0, 0.05) is 25.5 Å². The Morgan fingerprint density at radius 1 is 1.53 bits per heavy atom. The van der Waals surface area contributed by atoms with Gasteiger partial charge in [-0.2, -0.15) is 15.1 Å². The van der Waals surface area contributed by atoms with Crippen LogP contribution in [0.1, 0.15) is 6.92 Å². The van der Waals surface area contributed by atoms with E-state index in [9.17, 15) is 0 Å². The molecule has 0 saturated carbocycles. The van der Waals surface area contributed by atoms with Crippen LogP contribution in [0.15, 0.2) is 22.9 Å². The van der Waals surface area contributed by atoms with Gasteiger partial charge in [0.15, 0.2) is 0 Å². The van der Waals surface area contributed by atoms with E-state index in [2.05, 4.69) is 36.3 Å². The minimum Gasteiger partial charge on any atom is -0.383 e. The number of nitrogens with one attached hydrogen (secondary N) is 1. The third-order valence-electron chi connectivity index (χ3n) is 2.37. The highest BCUT2D eigenvalue weighted by molar-refractivity contribution is 9.10. The Labute approximate surface area is 119 Å². The minimum atomic E-state index is 0.0982. The third kappa shape index (κ3) is 3.21. The van der Waals surface area contributed by atoms with Gasteiger partial charge in [-0.1, -0.05) is 0 Å². The number of hydrogen-bond acceptors (Lipinski definition) is 6. The summed E-state index contributed by atoms with van der Waals surface area (Å²) in [7, 11) is 1.65. The Morgan fingerprint density at radius 3 is 2.95 bits per heavy atom. The molecule has 2 aromatic heterocycles. The van der Waals surface area contributed by atoms with Crippen molar-refractivity contribution in [3.8, 4) is 5.95 Å². The number of methoxy groups -OCH3 is 1. The van der Waals surface area contributed by atoms with E-state index in [4.69, 9.17) is 10.5 Å². The maximum absolute atomic E-state index is 5.87. The van der Waals surface area contributed by atoms with Gasteiger partial charge >= 0.3 is 0 Å². The summed E-state index contributed by atoms with van der Waals surface area (Å²) in [4.78, 5) is 8.57. The smallest absolute Gasteiger partial charge is 0.254 e. The summed E-state index contributed by atoms with van der Waals surface area (Å²) >= 11 is 3.37. The molecule has 0 bridgehead atoms. The predicted molar refractivity (Wildman–Crippen MR) is 76.2 cm³/mol. The molecule has 0 aliphatic carbocycles. The molecule has 2 heterocycles. The highest BCUT2D eigenvalue weighted by Crippen LogP contribution is 2.26. The van der Waals surface area contributed by atoms with Crippen LogP contribution < -0.4 is 11.1 Å². The zero-order valence-electron chi connectivity index (χ0n) is 10.7. The summed E-state index contributed by atoms with van der Waals surface area (Å²) in [6.07, 6.45) is 3.41. The van der Waals surface area contributed by atoms with Crippen molar-refractivity contribution in [3.05, 3.63) is 22.9 Å². The van der Waals surface area contributed by atoms with Crippen molar-refractivity contribution in [1.82, 2.24) is 19.7 Å². The Hall–Kier alpha value is -1.67. The van der Waals surface area contributed by atoms with E-state index >= 15 is 0 Å². The first-order valence-electron chi connectivity index (χ1n) is 5.70. The molecule has 3 N–H and O–H groups in total. The van der Waals surface area contributed by atoms with Crippen LogP contribution in [-0.4, -0.2) is 39.5 Å². The molecule has 102 valence electrons. The van der Waals surface area contributed by atoms with Gasteiger partial charge in [-0.05, 0) is 28.9 Å². The fourth-order valence-corrected chi connectivity index (χ4v) is 1.85. The lowest BCUT2D eigenvalue weighted by Gasteiger charge is -2.16. The first-order chi connectivity index (χ1) is 9.11. The van der Waals surface area contributed by atoms with Crippen molar-refractivity contribution in [2.75, 3.05) is 24.8 Å². The molecule has 0 amide bonds. The van der Waals surface area contributed by atoms with Crippen molar-refractivity contribution in [1.29, 1.82) is 0 Å². The van der Waals surface area contributed by atoms with Crippen molar-refractivity contribution in [3.63, 3.8) is 0 Å². The van der Waals surface area contributed by atoms with Crippen LogP contribution >= 0.6 is 15.9 Å². The fraction of sp³-hybridized carbons (Fsp3) is 0.364. The van der Waals surface area contributed by atoms with Gasteiger partial charge < -0.3 is 15.8 Å². The topological polar surface area (TPSA) is 90.9 Å². The Kier molecular flexibility index (Phi) is 4.33. The van der Waals surface area contributed by atoms with Crippen molar-refractivity contribution in [2.45, 2.75) is 13.0 Å².